The predicted octanol–water partition coefficient (Wildman–Crippen LogP) is 4.35. The first kappa shape index (κ1) is 28.1. The van der Waals surface area contributed by atoms with Crippen molar-refractivity contribution in [3.8, 4) is 0 Å². The Morgan fingerprint density at radius 2 is 1.12 bits per heavy atom. The number of hydrogen-bond donors (Lipinski definition) is 0. The summed E-state index contributed by atoms with van der Waals surface area (Å²) >= 11 is 0. The van der Waals surface area contributed by atoms with Gasteiger partial charge < -0.3 is 13.4 Å². The molecule has 3 nitrogen and oxygen atoms in total. The monoisotopic (exact) mass is 473 g/mol. The Morgan fingerprint density at radius 1 is 0.727 bits per heavy atom. The van der Waals surface area contributed by atoms with Crippen LogP contribution in [0.2, 0.25) is 19.6 Å². The second kappa shape index (κ2) is 9.85. The first-order chi connectivity index (χ1) is 14.6. The summed E-state index contributed by atoms with van der Waals surface area (Å²) in [6.07, 6.45) is 0. The Labute approximate surface area is 218 Å². The van der Waals surface area contributed by atoms with Crippen LogP contribution in [0, 0.1) is 24.7 Å². The zero-order chi connectivity index (χ0) is 24.1. The summed E-state index contributed by atoms with van der Waals surface area (Å²) in [6, 6.07) is 15.9. The molecule has 0 unspecified atom stereocenters. The van der Waals surface area contributed by atoms with E-state index in [0.717, 1.165) is 13.1 Å². The van der Waals surface area contributed by atoms with E-state index >= 15 is 0 Å². The molecule has 2 aromatic rings. The van der Waals surface area contributed by atoms with Crippen molar-refractivity contribution in [1.82, 2.24) is 0 Å². The van der Waals surface area contributed by atoms with Gasteiger partial charge in [0.15, 0.2) is 0 Å². The van der Waals surface area contributed by atoms with Crippen molar-refractivity contribution in [2.75, 3.05) is 26.5 Å². The van der Waals surface area contributed by atoms with Crippen molar-refractivity contribution in [2.45, 2.75) is 75.0 Å². The van der Waals surface area contributed by atoms with Crippen LogP contribution in [0.1, 0.15) is 52.7 Å². The average Bonchev–Trinajstić information content (AvgIpc) is 2.88. The van der Waals surface area contributed by atoms with E-state index in [9.17, 15) is 0 Å². The van der Waals surface area contributed by atoms with E-state index in [1.165, 1.54) is 28.2 Å². The Bertz CT molecular complexity index is 894. The zero-order valence-electron chi connectivity index (χ0n) is 23.3. The molecule has 0 aliphatic carbocycles. The minimum atomic E-state index is -1.73. The van der Waals surface area contributed by atoms with Gasteiger partial charge in [0.25, 0.3) is 0 Å². The molecule has 1 heterocycles. The molecule has 6 heteroatoms. The second-order valence-corrected chi connectivity index (χ2v) is 20.2. The molecule has 0 aromatic heterocycles. The number of hydrogen-bond acceptors (Lipinski definition) is 3. The first-order valence-electron chi connectivity index (χ1n) is 12.0. The number of fused-ring (bicyclic) bond motifs is 1. The summed E-state index contributed by atoms with van der Waals surface area (Å²) in [6.45, 7) is 28.5. The van der Waals surface area contributed by atoms with E-state index < -0.39 is 17.5 Å². The summed E-state index contributed by atoms with van der Waals surface area (Å²) in [5.74, 6) is 0. The maximum absolute atomic E-state index is 2.92. The summed E-state index contributed by atoms with van der Waals surface area (Å²) in [7, 11) is -2.98. The number of para-hydroxylation sites is 3. The molecule has 33 heavy (non-hydrogen) atoms. The molecule has 0 bridgehead atoms. The number of rotatable bonds is 5. The third-order valence-electron chi connectivity index (χ3n) is 5.74. The van der Waals surface area contributed by atoms with Gasteiger partial charge in [-0.3, -0.25) is 0 Å². The topological polar surface area (TPSA) is 9.72 Å². The van der Waals surface area contributed by atoms with Gasteiger partial charge in [-0.2, -0.15) is 0 Å². The van der Waals surface area contributed by atoms with E-state index in [1.54, 1.807) is 0 Å². The van der Waals surface area contributed by atoms with Crippen LogP contribution in [0.4, 0.5) is 17.1 Å². The largest absolute Gasteiger partial charge is 1.00 e. The fourth-order valence-corrected chi connectivity index (χ4v) is 12.2. The van der Waals surface area contributed by atoms with Crippen LogP contribution in [0.3, 0.4) is 0 Å². The van der Waals surface area contributed by atoms with Crippen LogP contribution in [0.25, 0.3) is 0 Å². The Hall–Kier alpha value is -1.13. The minimum Gasteiger partial charge on any atom is -0.537 e. The zero-order valence-corrected chi connectivity index (χ0v) is 25.3. The van der Waals surface area contributed by atoms with E-state index in [0.29, 0.717) is 0 Å². The number of anilines is 3. The van der Waals surface area contributed by atoms with Crippen LogP contribution < -0.4 is 32.2 Å². The molecule has 0 radical (unpaired) electrons. The van der Waals surface area contributed by atoms with Gasteiger partial charge in [-0.1, -0.05) is 91.5 Å². The fourth-order valence-electron chi connectivity index (χ4n) is 4.68. The van der Waals surface area contributed by atoms with Crippen molar-refractivity contribution in [2.24, 2.45) is 10.8 Å². The molecule has 2 aromatic carbocycles. The molecule has 176 valence electrons. The van der Waals surface area contributed by atoms with Crippen molar-refractivity contribution < 1.29 is 18.9 Å². The summed E-state index contributed by atoms with van der Waals surface area (Å²) in [5.41, 5.74) is 7.51. The standard InChI is InChI=1S/C27H44N3Si2.Li/c1-21-15-14-16-22(2)25(21)30(32(9,10)11)31-28(19-26(3,4)5)23-17-12-13-18-24(23)29(31)20-27(6,7)8;/h12-18H,19-20H2,1-11H3;/q-1;+1. The van der Waals surface area contributed by atoms with Crippen molar-refractivity contribution >= 4 is 34.6 Å². The maximum atomic E-state index is 2.92. The minimum absolute atomic E-state index is 0. The second-order valence-electron chi connectivity index (χ2n) is 12.8. The van der Waals surface area contributed by atoms with Crippen molar-refractivity contribution in [1.29, 1.82) is 0 Å². The molecule has 1 aliphatic heterocycles. The molecule has 0 saturated heterocycles. The predicted molar refractivity (Wildman–Crippen MR) is 148 cm³/mol. The van der Waals surface area contributed by atoms with E-state index in [4.69, 9.17) is 0 Å². The van der Waals surface area contributed by atoms with Gasteiger partial charge >= 0.3 is 18.9 Å². The maximum Gasteiger partial charge on any atom is 1.00 e. The number of nitrogens with zero attached hydrogens (tertiary/aromatic N) is 3. The van der Waals surface area contributed by atoms with E-state index in [2.05, 4.69) is 131 Å². The molecule has 0 N–H and O–H groups in total. The Kier molecular flexibility index (Phi) is 8.39. The quantitative estimate of drug-likeness (QED) is 0.598. The molecular weight excluding hydrogens is 429 g/mol. The summed E-state index contributed by atoms with van der Waals surface area (Å²) in [4.78, 5) is 0. The van der Waals surface area contributed by atoms with Gasteiger partial charge in [-0.15, -0.1) is 0 Å². The van der Waals surface area contributed by atoms with Gasteiger partial charge in [0.05, 0.1) is 9.28 Å². The molecule has 0 amide bonds. The van der Waals surface area contributed by atoms with Crippen LogP contribution in [0.5, 0.6) is 0 Å². The fraction of sp³-hybridized carbons (Fsp3) is 0.556. The molecule has 0 spiro atoms. The van der Waals surface area contributed by atoms with Gasteiger partial charge in [-0.25, -0.2) is 0 Å². The third-order valence-corrected chi connectivity index (χ3v) is 12.3. The van der Waals surface area contributed by atoms with Crippen LogP contribution in [-0.4, -0.2) is 30.6 Å². The average molecular weight is 474 g/mol. The Balaban J connectivity index is 0.00000385. The molecule has 0 atom stereocenters. The summed E-state index contributed by atoms with van der Waals surface area (Å²) < 4.78 is 8.49. The SMILES string of the molecule is Cc1cccc(C)c1N([Si-]1N(CC(C)(C)C)c2ccccc2N1CC(C)(C)C)[Si](C)(C)C.[Li+]. The molecule has 0 fully saturated rings. The van der Waals surface area contributed by atoms with Crippen molar-refractivity contribution in [3.63, 3.8) is 0 Å². The van der Waals surface area contributed by atoms with E-state index in [-0.39, 0.29) is 29.7 Å². The smallest absolute Gasteiger partial charge is 0.537 e. The normalized spacial score (nSPS) is 14.9. The summed E-state index contributed by atoms with van der Waals surface area (Å²) in [5, 5.41) is 0. The molecule has 3 rings (SSSR count). The van der Waals surface area contributed by atoms with Crippen LogP contribution in [-0.2, 0) is 0 Å². The Morgan fingerprint density at radius 3 is 1.45 bits per heavy atom. The third kappa shape index (κ3) is 6.31. The molecule has 0 saturated carbocycles. The van der Waals surface area contributed by atoms with Gasteiger partial charge in [0.2, 0.25) is 0 Å². The van der Waals surface area contributed by atoms with E-state index in [1.807, 2.05) is 0 Å². The number of aryl methyl sites for hydroxylation is 2. The molecule has 1 aliphatic rings. The first-order valence-corrected chi connectivity index (χ1v) is 16.8. The van der Waals surface area contributed by atoms with Gasteiger partial charge in [0, 0.05) is 11.4 Å². The van der Waals surface area contributed by atoms with Crippen LogP contribution >= 0.6 is 0 Å². The number of benzene rings is 2. The van der Waals surface area contributed by atoms with Gasteiger partial charge in [-0.05, 0) is 66.7 Å². The van der Waals surface area contributed by atoms with Crippen LogP contribution in [0.15, 0.2) is 42.5 Å². The van der Waals surface area contributed by atoms with Crippen molar-refractivity contribution in [3.05, 3.63) is 53.6 Å². The molecular formula is C27H44LiN3Si2. The van der Waals surface area contributed by atoms with Gasteiger partial charge in [0.1, 0.15) is 8.24 Å².